The minimum absolute atomic E-state index is 0.196. The number of carboxylic acids is 1. The molecule has 0 radical (unpaired) electrons. The number of aliphatic carboxylic acids is 1. The molecule has 1 unspecified atom stereocenters. The van der Waals surface area contributed by atoms with Crippen LogP contribution < -0.4 is 11.1 Å². The first kappa shape index (κ1) is 19.0. The molecule has 136 valence electrons. The fraction of sp³-hybridized carbons (Fsp3) is 0.467. The molecule has 1 fully saturated rings. The third kappa shape index (κ3) is 3.69. The fourth-order valence-corrected chi connectivity index (χ4v) is 3.78. The van der Waals surface area contributed by atoms with Crippen molar-refractivity contribution < 1.29 is 29.0 Å². The Morgan fingerprint density at radius 3 is 2.64 bits per heavy atom. The Hall–Kier alpha value is -2.33. The molecule has 4 N–H and O–H groups in total. The minimum atomic E-state index is -1.29. The largest absolute Gasteiger partial charge is 0.477 e. The topological polar surface area (TPSA) is 139 Å². The number of hydrogen-bond acceptors (Lipinski definition) is 7. The maximum absolute atomic E-state index is 12.4. The Balaban J connectivity index is 2.16. The number of carbonyl (C=O) groups excluding carboxylic acids is 3. The van der Waals surface area contributed by atoms with Gasteiger partial charge in [0.05, 0.1) is 0 Å². The lowest BCUT2D eigenvalue weighted by atomic mass is 10.0. The first-order valence-corrected chi connectivity index (χ1v) is 8.44. The minimum Gasteiger partial charge on any atom is -0.477 e. The Morgan fingerprint density at radius 2 is 2.12 bits per heavy atom. The van der Waals surface area contributed by atoms with Crippen molar-refractivity contribution in [3.8, 4) is 0 Å². The summed E-state index contributed by atoms with van der Waals surface area (Å²) in [6.07, 6.45) is 0. The molecule has 0 aromatic rings. The van der Waals surface area contributed by atoms with Gasteiger partial charge in [0.15, 0.2) is 0 Å². The summed E-state index contributed by atoms with van der Waals surface area (Å²) in [7, 11) is 0. The highest BCUT2D eigenvalue weighted by Crippen LogP contribution is 2.40. The average Bonchev–Trinajstić information content (AvgIpc) is 2.55. The van der Waals surface area contributed by atoms with E-state index in [9.17, 15) is 24.3 Å². The number of ether oxygens (including phenoxy) is 1. The highest BCUT2D eigenvalue weighted by molar-refractivity contribution is 8.00. The summed E-state index contributed by atoms with van der Waals surface area (Å²) in [6, 6.07) is -1.79. The van der Waals surface area contributed by atoms with E-state index in [1.165, 1.54) is 18.7 Å². The third-order valence-corrected chi connectivity index (χ3v) is 5.15. The predicted octanol–water partition coefficient (Wildman–Crippen LogP) is -0.808. The SMILES string of the molecule is C=C(C)C(N)C(=O)N[C@@H]1C(=O)N2C(C(=O)O)=C(COC(C)=O)CS[C@H]12. The van der Waals surface area contributed by atoms with E-state index in [1.807, 2.05) is 0 Å². The second kappa shape index (κ2) is 7.28. The van der Waals surface area contributed by atoms with Gasteiger partial charge in [-0.25, -0.2) is 4.79 Å². The maximum atomic E-state index is 12.4. The molecule has 2 amide bonds. The van der Waals surface area contributed by atoms with Gasteiger partial charge in [0.25, 0.3) is 5.91 Å². The van der Waals surface area contributed by atoms with E-state index in [0.29, 0.717) is 11.1 Å². The summed E-state index contributed by atoms with van der Waals surface area (Å²) in [4.78, 5) is 47.9. The Labute approximate surface area is 148 Å². The van der Waals surface area contributed by atoms with Gasteiger partial charge in [-0.1, -0.05) is 12.2 Å². The van der Waals surface area contributed by atoms with Gasteiger partial charge in [-0.05, 0) is 6.92 Å². The lowest BCUT2D eigenvalue weighted by Crippen LogP contribution is -2.71. The van der Waals surface area contributed by atoms with Gasteiger partial charge in [-0.15, -0.1) is 11.8 Å². The molecular weight excluding hydrogens is 350 g/mol. The number of nitrogens with two attached hydrogens (primary N) is 1. The molecule has 0 aliphatic carbocycles. The van der Waals surface area contributed by atoms with Crippen molar-refractivity contribution in [2.45, 2.75) is 31.3 Å². The number of thioether (sulfide) groups is 1. The van der Waals surface area contributed by atoms with E-state index in [1.54, 1.807) is 6.92 Å². The van der Waals surface area contributed by atoms with Crippen LogP contribution in [0.4, 0.5) is 0 Å². The van der Waals surface area contributed by atoms with E-state index in [4.69, 9.17) is 10.5 Å². The first-order valence-electron chi connectivity index (χ1n) is 7.39. The predicted molar refractivity (Wildman–Crippen MR) is 89.1 cm³/mol. The molecule has 10 heteroatoms. The normalized spacial score (nSPS) is 23.3. The first-order chi connectivity index (χ1) is 11.6. The summed E-state index contributed by atoms with van der Waals surface area (Å²) in [5.41, 5.74) is 6.25. The molecule has 2 rings (SSSR count). The van der Waals surface area contributed by atoms with E-state index in [-0.39, 0.29) is 18.1 Å². The molecule has 0 spiro atoms. The van der Waals surface area contributed by atoms with Crippen LogP contribution in [0.25, 0.3) is 0 Å². The summed E-state index contributed by atoms with van der Waals surface area (Å²) in [5.74, 6) is -2.65. The number of nitrogens with one attached hydrogen (secondary N) is 1. The molecule has 25 heavy (non-hydrogen) atoms. The third-order valence-electron chi connectivity index (χ3n) is 3.81. The van der Waals surface area contributed by atoms with E-state index < -0.39 is 41.2 Å². The monoisotopic (exact) mass is 369 g/mol. The Kier molecular flexibility index (Phi) is 5.53. The number of fused-ring (bicyclic) bond motifs is 1. The van der Waals surface area contributed by atoms with Crippen LogP contribution in [0.15, 0.2) is 23.4 Å². The average molecular weight is 369 g/mol. The molecule has 1 saturated heterocycles. The lowest BCUT2D eigenvalue weighted by molar-refractivity contribution is -0.151. The Bertz CT molecular complexity index is 689. The molecule has 2 heterocycles. The van der Waals surface area contributed by atoms with Crippen molar-refractivity contribution >= 4 is 35.5 Å². The standard InChI is InChI=1S/C15H19N3O6S/c1-6(2)9(16)12(20)17-10-13(21)18-11(15(22)23)8(4-24-7(3)19)5-25-14(10)18/h9-10,14H,1,4-5,16H2,2-3H3,(H,17,20)(H,22,23)/t9?,10-,14-/m1/s1. The number of esters is 1. The molecule has 0 bridgehead atoms. The van der Waals surface area contributed by atoms with Crippen LogP contribution in [0.3, 0.4) is 0 Å². The van der Waals surface area contributed by atoms with Gasteiger partial charge in [0, 0.05) is 18.2 Å². The second-order valence-corrected chi connectivity index (χ2v) is 6.86. The molecule has 0 saturated carbocycles. The van der Waals surface area contributed by atoms with Crippen molar-refractivity contribution in [1.82, 2.24) is 10.2 Å². The van der Waals surface area contributed by atoms with Crippen LogP contribution in [-0.4, -0.2) is 63.6 Å². The van der Waals surface area contributed by atoms with E-state index >= 15 is 0 Å². The summed E-state index contributed by atoms with van der Waals surface area (Å²) in [6.45, 7) is 6.21. The van der Waals surface area contributed by atoms with Crippen LogP contribution in [-0.2, 0) is 23.9 Å². The van der Waals surface area contributed by atoms with Crippen molar-refractivity contribution in [3.63, 3.8) is 0 Å². The smallest absolute Gasteiger partial charge is 0.352 e. The van der Waals surface area contributed by atoms with Crippen LogP contribution in [0.1, 0.15) is 13.8 Å². The zero-order chi connectivity index (χ0) is 18.9. The number of nitrogens with zero attached hydrogens (tertiary/aromatic N) is 1. The number of amides is 2. The molecule has 3 atom stereocenters. The van der Waals surface area contributed by atoms with Gasteiger partial charge in [0.1, 0.15) is 29.8 Å². The van der Waals surface area contributed by atoms with Gasteiger partial charge in [-0.3, -0.25) is 19.3 Å². The lowest BCUT2D eigenvalue weighted by Gasteiger charge is -2.49. The zero-order valence-electron chi connectivity index (χ0n) is 13.8. The van der Waals surface area contributed by atoms with Crippen LogP contribution in [0, 0.1) is 0 Å². The van der Waals surface area contributed by atoms with Gasteiger partial charge in [0.2, 0.25) is 5.91 Å². The van der Waals surface area contributed by atoms with Crippen molar-refractivity contribution in [3.05, 3.63) is 23.4 Å². The Morgan fingerprint density at radius 1 is 1.48 bits per heavy atom. The number of hydrogen-bond donors (Lipinski definition) is 3. The number of carboxylic acid groups (broad SMARTS) is 1. The van der Waals surface area contributed by atoms with Crippen LogP contribution in [0.5, 0.6) is 0 Å². The second-order valence-electron chi connectivity index (χ2n) is 5.76. The number of rotatable bonds is 6. The van der Waals surface area contributed by atoms with Crippen molar-refractivity contribution in [2.75, 3.05) is 12.4 Å². The fourth-order valence-electron chi connectivity index (χ4n) is 2.45. The summed E-state index contributed by atoms with van der Waals surface area (Å²) < 4.78 is 4.85. The summed E-state index contributed by atoms with van der Waals surface area (Å²) in [5, 5.41) is 11.4. The number of β-lactam (4-membered cyclic amide) rings is 1. The van der Waals surface area contributed by atoms with Gasteiger partial charge in [-0.2, -0.15) is 0 Å². The van der Waals surface area contributed by atoms with Crippen molar-refractivity contribution in [2.24, 2.45) is 5.73 Å². The van der Waals surface area contributed by atoms with E-state index in [0.717, 1.165) is 4.90 Å². The molecule has 9 nitrogen and oxygen atoms in total. The quantitative estimate of drug-likeness (QED) is 0.314. The molecule has 0 aromatic heterocycles. The maximum Gasteiger partial charge on any atom is 0.352 e. The molecule has 0 aromatic carbocycles. The van der Waals surface area contributed by atoms with Gasteiger partial charge >= 0.3 is 11.9 Å². The molecular formula is C15H19N3O6S. The zero-order valence-corrected chi connectivity index (χ0v) is 14.6. The molecule has 2 aliphatic heterocycles. The van der Waals surface area contributed by atoms with Crippen molar-refractivity contribution in [1.29, 1.82) is 0 Å². The van der Waals surface area contributed by atoms with E-state index in [2.05, 4.69) is 11.9 Å². The summed E-state index contributed by atoms with van der Waals surface area (Å²) >= 11 is 1.28. The highest BCUT2D eigenvalue weighted by Gasteiger charge is 2.54. The van der Waals surface area contributed by atoms with Crippen LogP contribution >= 0.6 is 11.8 Å². The molecule has 2 aliphatic rings. The number of carbonyl (C=O) groups is 4. The van der Waals surface area contributed by atoms with Crippen LogP contribution in [0.2, 0.25) is 0 Å². The highest BCUT2D eigenvalue weighted by atomic mass is 32.2. The van der Waals surface area contributed by atoms with Gasteiger partial charge < -0.3 is 20.9 Å².